The highest BCUT2D eigenvalue weighted by molar-refractivity contribution is 6.30. The van der Waals surface area contributed by atoms with Gasteiger partial charge in [0.05, 0.1) is 0 Å². The predicted octanol–water partition coefficient (Wildman–Crippen LogP) is 2.51. The van der Waals surface area contributed by atoms with Crippen LogP contribution in [0.15, 0.2) is 24.3 Å². The molecule has 1 atom stereocenters. The molecule has 1 unspecified atom stereocenters. The molecule has 0 aromatic heterocycles. The average Bonchev–Trinajstić information content (AvgIpc) is 2.25. The summed E-state index contributed by atoms with van der Waals surface area (Å²) in [6.07, 6.45) is -0.603. The number of esters is 2. The monoisotopic (exact) mass is 256 g/mol. The summed E-state index contributed by atoms with van der Waals surface area (Å²) in [6, 6.07) is 6.81. The molecule has 0 aliphatic heterocycles. The van der Waals surface area contributed by atoms with Gasteiger partial charge in [0, 0.05) is 18.9 Å². The van der Waals surface area contributed by atoms with Gasteiger partial charge in [0.25, 0.3) is 0 Å². The first-order chi connectivity index (χ1) is 7.99. The third kappa shape index (κ3) is 4.87. The lowest BCUT2D eigenvalue weighted by molar-refractivity contribution is -0.156. The zero-order valence-corrected chi connectivity index (χ0v) is 10.4. The highest BCUT2D eigenvalue weighted by Crippen LogP contribution is 2.20. The maximum absolute atomic E-state index is 11.0. The van der Waals surface area contributed by atoms with Crippen molar-refractivity contribution >= 4 is 23.5 Å². The SMILES string of the molecule is CC(=O)OCC(OC(C)=O)c1ccc(Cl)cc1. The van der Waals surface area contributed by atoms with Crippen LogP contribution in [-0.2, 0) is 19.1 Å². The Morgan fingerprint density at radius 1 is 1.18 bits per heavy atom. The van der Waals surface area contributed by atoms with E-state index in [0.717, 1.165) is 5.56 Å². The van der Waals surface area contributed by atoms with E-state index in [1.54, 1.807) is 24.3 Å². The fourth-order valence-corrected chi connectivity index (χ4v) is 1.40. The lowest BCUT2D eigenvalue weighted by Crippen LogP contribution is -2.16. The van der Waals surface area contributed by atoms with Crippen LogP contribution in [0.4, 0.5) is 0 Å². The average molecular weight is 257 g/mol. The standard InChI is InChI=1S/C12H13ClO4/c1-8(14)16-7-12(17-9(2)15)10-3-5-11(13)6-4-10/h3-6,12H,7H2,1-2H3. The van der Waals surface area contributed by atoms with Crippen molar-refractivity contribution in [3.05, 3.63) is 34.9 Å². The lowest BCUT2D eigenvalue weighted by Gasteiger charge is -2.17. The molecular weight excluding hydrogens is 244 g/mol. The zero-order chi connectivity index (χ0) is 12.8. The summed E-state index contributed by atoms with van der Waals surface area (Å²) in [5, 5.41) is 0.586. The van der Waals surface area contributed by atoms with Crippen molar-refractivity contribution in [1.29, 1.82) is 0 Å². The molecule has 92 valence electrons. The number of hydrogen-bond acceptors (Lipinski definition) is 4. The second-order valence-corrected chi connectivity index (χ2v) is 3.89. The molecule has 17 heavy (non-hydrogen) atoms. The quantitative estimate of drug-likeness (QED) is 0.777. The number of halogens is 1. The molecule has 5 heteroatoms. The highest BCUT2D eigenvalue weighted by Gasteiger charge is 2.16. The van der Waals surface area contributed by atoms with Crippen LogP contribution in [0, 0.1) is 0 Å². The fourth-order valence-electron chi connectivity index (χ4n) is 1.27. The van der Waals surface area contributed by atoms with E-state index in [0.29, 0.717) is 5.02 Å². The summed E-state index contributed by atoms with van der Waals surface area (Å²) in [5.41, 5.74) is 0.728. The van der Waals surface area contributed by atoms with Crippen molar-refractivity contribution in [2.45, 2.75) is 20.0 Å². The van der Waals surface area contributed by atoms with E-state index in [1.807, 2.05) is 0 Å². The summed E-state index contributed by atoms with van der Waals surface area (Å²) in [7, 11) is 0. The molecule has 0 heterocycles. The molecule has 0 N–H and O–H groups in total. The van der Waals surface area contributed by atoms with E-state index in [4.69, 9.17) is 21.1 Å². The van der Waals surface area contributed by atoms with Gasteiger partial charge >= 0.3 is 11.9 Å². The maximum atomic E-state index is 11.0. The van der Waals surface area contributed by atoms with Gasteiger partial charge in [-0.2, -0.15) is 0 Å². The van der Waals surface area contributed by atoms with Gasteiger partial charge in [0.15, 0.2) is 6.10 Å². The number of hydrogen-bond donors (Lipinski definition) is 0. The predicted molar refractivity (Wildman–Crippen MR) is 62.6 cm³/mol. The first-order valence-corrected chi connectivity index (χ1v) is 5.43. The minimum atomic E-state index is -0.603. The largest absolute Gasteiger partial charge is 0.462 e. The van der Waals surface area contributed by atoms with Gasteiger partial charge in [-0.3, -0.25) is 9.59 Å². The van der Waals surface area contributed by atoms with E-state index in [1.165, 1.54) is 13.8 Å². The summed E-state index contributed by atoms with van der Waals surface area (Å²) in [4.78, 5) is 21.7. The first-order valence-electron chi connectivity index (χ1n) is 5.05. The maximum Gasteiger partial charge on any atom is 0.303 e. The molecule has 0 aliphatic rings. The topological polar surface area (TPSA) is 52.6 Å². The number of carbonyl (C=O) groups is 2. The molecular formula is C12H13ClO4. The van der Waals surface area contributed by atoms with Crippen LogP contribution in [0.2, 0.25) is 5.02 Å². The Labute approximate surface area is 104 Å². The van der Waals surface area contributed by atoms with E-state index in [9.17, 15) is 9.59 Å². The second kappa shape index (κ2) is 6.25. The summed E-state index contributed by atoms with van der Waals surface area (Å²) in [6.45, 7) is 2.60. The molecule has 0 saturated carbocycles. The van der Waals surface area contributed by atoms with Gasteiger partial charge in [-0.25, -0.2) is 0 Å². The van der Waals surface area contributed by atoms with Crippen molar-refractivity contribution in [2.24, 2.45) is 0 Å². The molecule has 0 bridgehead atoms. The van der Waals surface area contributed by atoms with Crippen LogP contribution >= 0.6 is 11.6 Å². The van der Waals surface area contributed by atoms with Gasteiger partial charge in [-0.15, -0.1) is 0 Å². The summed E-state index contributed by atoms with van der Waals surface area (Å²) >= 11 is 5.76. The van der Waals surface area contributed by atoms with E-state index >= 15 is 0 Å². The molecule has 0 radical (unpaired) electrons. The smallest absolute Gasteiger partial charge is 0.303 e. The Kier molecular flexibility index (Phi) is 4.97. The van der Waals surface area contributed by atoms with Gasteiger partial charge in [0.1, 0.15) is 6.61 Å². The van der Waals surface area contributed by atoms with Crippen LogP contribution in [0.25, 0.3) is 0 Å². The Bertz CT molecular complexity index is 399. The number of benzene rings is 1. The van der Waals surface area contributed by atoms with Crippen molar-refractivity contribution in [1.82, 2.24) is 0 Å². The van der Waals surface area contributed by atoms with Crippen LogP contribution in [0.3, 0.4) is 0 Å². The van der Waals surface area contributed by atoms with Crippen molar-refractivity contribution < 1.29 is 19.1 Å². The molecule has 4 nitrogen and oxygen atoms in total. The van der Waals surface area contributed by atoms with Gasteiger partial charge in [0.2, 0.25) is 0 Å². The zero-order valence-electron chi connectivity index (χ0n) is 9.60. The van der Waals surface area contributed by atoms with Gasteiger partial charge in [-0.05, 0) is 17.7 Å². The first kappa shape index (κ1) is 13.5. The Balaban J connectivity index is 2.77. The number of ether oxygens (including phenoxy) is 2. The molecule has 1 aromatic carbocycles. The normalized spacial score (nSPS) is 11.7. The van der Waals surface area contributed by atoms with Crippen LogP contribution < -0.4 is 0 Å². The van der Waals surface area contributed by atoms with Crippen LogP contribution in [-0.4, -0.2) is 18.5 Å². The molecule has 0 fully saturated rings. The lowest BCUT2D eigenvalue weighted by atomic mass is 10.1. The fraction of sp³-hybridized carbons (Fsp3) is 0.333. The van der Waals surface area contributed by atoms with Crippen molar-refractivity contribution in [3.8, 4) is 0 Å². The minimum Gasteiger partial charge on any atom is -0.462 e. The number of rotatable bonds is 4. The molecule has 0 saturated heterocycles. The van der Waals surface area contributed by atoms with Crippen LogP contribution in [0.1, 0.15) is 25.5 Å². The number of carbonyl (C=O) groups excluding carboxylic acids is 2. The molecule has 1 rings (SSSR count). The van der Waals surface area contributed by atoms with Crippen LogP contribution in [0.5, 0.6) is 0 Å². The Morgan fingerprint density at radius 3 is 2.24 bits per heavy atom. The second-order valence-electron chi connectivity index (χ2n) is 3.45. The Hall–Kier alpha value is -1.55. The molecule has 1 aromatic rings. The molecule has 0 aliphatic carbocycles. The summed E-state index contributed by atoms with van der Waals surface area (Å²) < 4.78 is 9.91. The van der Waals surface area contributed by atoms with E-state index < -0.39 is 18.0 Å². The Morgan fingerprint density at radius 2 is 1.76 bits per heavy atom. The van der Waals surface area contributed by atoms with E-state index in [-0.39, 0.29) is 6.61 Å². The van der Waals surface area contributed by atoms with Gasteiger partial charge < -0.3 is 9.47 Å². The van der Waals surface area contributed by atoms with Crippen molar-refractivity contribution in [3.63, 3.8) is 0 Å². The third-order valence-corrected chi connectivity index (χ3v) is 2.24. The highest BCUT2D eigenvalue weighted by atomic mass is 35.5. The van der Waals surface area contributed by atoms with E-state index in [2.05, 4.69) is 0 Å². The van der Waals surface area contributed by atoms with Gasteiger partial charge in [-0.1, -0.05) is 23.7 Å². The molecule has 0 spiro atoms. The minimum absolute atomic E-state index is 0.00343. The van der Waals surface area contributed by atoms with Crippen molar-refractivity contribution in [2.75, 3.05) is 6.61 Å². The molecule has 0 amide bonds. The third-order valence-electron chi connectivity index (χ3n) is 1.99. The summed E-state index contributed by atoms with van der Waals surface area (Å²) in [5.74, 6) is -0.854.